The Kier molecular flexibility index (Phi) is 6.26. The average molecular weight is 406 g/mol. The predicted molar refractivity (Wildman–Crippen MR) is 102 cm³/mol. The summed E-state index contributed by atoms with van der Waals surface area (Å²) in [5, 5.41) is 0.521. The van der Waals surface area contributed by atoms with Gasteiger partial charge in [-0.05, 0) is 35.9 Å². The van der Waals surface area contributed by atoms with Crippen LogP contribution in [0.15, 0.2) is 36.4 Å². The molecule has 1 aliphatic heterocycles. The number of carbonyl (C=O) groups is 2. The number of hydrogen-bond acceptors (Lipinski definition) is 6. The number of benzene rings is 2. The minimum atomic E-state index is -0.486. The zero-order chi connectivity index (χ0) is 20.1. The van der Waals surface area contributed by atoms with Crippen molar-refractivity contribution in [3.05, 3.63) is 52.5 Å². The second-order valence-electron chi connectivity index (χ2n) is 6.07. The minimum Gasteiger partial charge on any atom is -0.493 e. The normalized spacial score (nSPS) is 13.2. The van der Waals surface area contributed by atoms with Crippen LogP contribution in [0.3, 0.4) is 0 Å². The highest BCUT2D eigenvalue weighted by molar-refractivity contribution is 6.30. The van der Waals surface area contributed by atoms with Crippen LogP contribution in [0, 0.1) is 0 Å². The Morgan fingerprint density at radius 2 is 2.00 bits per heavy atom. The van der Waals surface area contributed by atoms with Gasteiger partial charge in [0, 0.05) is 11.6 Å². The van der Waals surface area contributed by atoms with Crippen LogP contribution in [-0.2, 0) is 16.1 Å². The van der Waals surface area contributed by atoms with Gasteiger partial charge >= 0.3 is 5.97 Å². The number of esters is 1. The molecule has 2 aromatic carbocycles. The Hall–Kier alpha value is -2.93. The van der Waals surface area contributed by atoms with Gasteiger partial charge in [-0.15, -0.1) is 0 Å². The molecule has 0 aliphatic carbocycles. The highest BCUT2D eigenvalue weighted by Gasteiger charge is 2.24. The third kappa shape index (κ3) is 4.48. The molecular weight excluding hydrogens is 386 g/mol. The highest BCUT2D eigenvalue weighted by Crippen LogP contribution is 2.30. The van der Waals surface area contributed by atoms with E-state index in [0.29, 0.717) is 47.5 Å². The van der Waals surface area contributed by atoms with Crippen LogP contribution < -0.4 is 14.2 Å². The van der Waals surface area contributed by atoms with Gasteiger partial charge in [0.15, 0.2) is 18.1 Å². The molecule has 0 unspecified atom stereocenters. The summed E-state index contributed by atoms with van der Waals surface area (Å²) >= 11 is 5.99. The number of amides is 1. The number of rotatable bonds is 6. The molecule has 0 spiro atoms. The molecular formula is C20H20ClNO6. The fraction of sp³-hybridized carbons (Fsp3) is 0.300. The molecule has 0 radical (unpaired) electrons. The molecule has 1 heterocycles. The van der Waals surface area contributed by atoms with E-state index in [1.165, 1.54) is 14.2 Å². The van der Waals surface area contributed by atoms with Crippen molar-refractivity contribution in [2.75, 3.05) is 34.0 Å². The van der Waals surface area contributed by atoms with E-state index < -0.39 is 5.97 Å². The molecule has 1 amide bonds. The molecule has 148 valence electrons. The van der Waals surface area contributed by atoms with Gasteiger partial charge in [0.25, 0.3) is 5.91 Å². The lowest BCUT2D eigenvalue weighted by atomic mass is 10.1. The standard InChI is InChI=1S/C20H20ClNO6/c1-25-18-9-13(3-6-16(18)28-12-19(23)26-2)11-22-7-8-27-17-10-14(21)4-5-15(17)20(22)24/h3-6,9-10H,7-8,11-12H2,1-2H3. The van der Waals surface area contributed by atoms with Crippen molar-refractivity contribution >= 4 is 23.5 Å². The Morgan fingerprint density at radius 3 is 2.75 bits per heavy atom. The molecule has 0 aromatic heterocycles. The highest BCUT2D eigenvalue weighted by atomic mass is 35.5. The van der Waals surface area contributed by atoms with Crippen molar-refractivity contribution < 1.29 is 28.5 Å². The third-order valence-corrected chi connectivity index (χ3v) is 4.49. The van der Waals surface area contributed by atoms with E-state index in [2.05, 4.69) is 4.74 Å². The van der Waals surface area contributed by atoms with Crippen LogP contribution in [-0.4, -0.2) is 50.8 Å². The fourth-order valence-corrected chi connectivity index (χ4v) is 2.99. The maximum Gasteiger partial charge on any atom is 0.343 e. The monoisotopic (exact) mass is 405 g/mol. The molecule has 28 heavy (non-hydrogen) atoms. The Bertz CT molecular complexity index is 885. The summed E-state index contributed by atoms with van der Waals surface area (Å²) in [4.78, 5) is 25.8. The molecule has 0 bridgehead atoms. The van der Waals surface area contributed by atoms with Gasteiger partial charge in [-0.25, -0.2) is 4.79 Å². The van der Waals surface area contributed by atoms with E-state index in [9.17, 15) is 9.59 Å². The van der Waals surface area contributed by atoms with Crippen molar-refractivity contribution in [1.82, 2.24) is 4.90 Å². The lowest BCUT2D eigenvalue weighted by molar-refractivity contribution is -0.142. The minimum absolute atomic E-state index is 0.130. The molecule has 0 saturated carbocycles. The Labute approximate surface area is 167 Å². The molecule has 2 aromatic rings. The SMILES string of the molecule is COC(=O)COc1ccc(CN2CCOc3cc(Cl)ccc3C2=O)cc1OC. The number of hydrogen-bond donors (Lipinski definition) is 0. The van der Waals surface area contributed by atoms with E-state index in [1.807, 2.05) is 6.07 Å². The summed E-state index contributed by atoms with van der Waals surface area (Å²) in [6.07, 6.45) is 0. The second-order valence-corrected chi connectivity index (χ2v) is 6.50. The molecule has 0 fully saturated rings. The van der Waals surface area contributed by atoms with E-state index in [4.69, 9.17) is 25.8 Å². The van der Waals surface area contributed by atoms with Gasteiger partial charge < -0.3 is 23.8 Å². The van der Waals surface area contributed by atoms with Crippen LogP contribution in [0.1, 0.15) is 15.9 Å². The maximum atomic E-state index is 12.9. The van der Waals surface area contributed by atoms with E-state index >= 15 is 0 Å². The average Bonchev–Trinajstić information content (AvgIpc) is 2.85. The van der Waals surface area contributed by atoms with Crippen LogP contribution in [0.5, 0.6) is 17.2 Å². The van der Waals surface area contributed by atoms with Crippen molar-refractivity contribution in [3.8, 4) is 17.2 Å². The largest absolute Gasteiger partial charge is 0.493 e. The Balaban J connectivity index is 1.76. The first-order valence-electron chi connectivity index (χ1n) is 8.60. The van der Waals surface area contributed by atoms with E-state index in [1.54, 1.807) is 35.2 Å². The second kappa shape index (κ2) is 8.84. The van der Waals surface area contributed by atoms with E-state index in [-0.39, 0.29) is 12.5 Å². The smallest absolute Gasteiger partial charge is 0.343 e. The topological polar surface area (TPSA) is 74.3 Å². The van der Waals surface area contributed by atoms with Crippen molar-refractivity contribution in [2.45, 2.75) is 6.54 Å². The van der Waals surface area contributed by atoms with Crippen LogP contribution in [0.4, 0.5) is 0 Å². The summed E-state index contributed by atoms with van der Waals surface area (Å²) in [6.45, 7) is 0.968. The number of ether oxygens (including phenoxy) is 4. The van der Waals surface area contributed by atoms with Gasteiger partial charge in [-0.2, -0.15) is 0 Å². The predicted octanol–water partition coefficient (Wildman–Crippen LogP) is 2.94. The van der Waals surface area contributed by atoms with Gasteiger partial charge in [-0.1, -0.05) is 17.7 Å². The van der Waals surface area contributed by atoms with Crippen molar-refractivity contribution in [3.63, 3.8) is 0 Å². The van der Waals surface area contributed by atoms with Crippen molar-refractivity contribution in [2.24, 2.45) is 0 Å². The first-order chi connectivity index (χ1) is 13.5. The summed E-state index contributed by atoms with van der Waals surface area (Å²) in [6, 6.07) is 10.3. The summed E-state index contributed by atoms with van der Waals surface area (Å²) in [7, 11) is 2.80. The first kappa shape index (κ1) is 19.8. The number of fused-ring (bicyclic) bond motifs is 1. The molecule has 1 aliphatic rings. The van der Waals surface area contributed by atoms with Gasteiger partial charge in [0.2, 0.25) is 0 Å². The summed E-state index contributed by atoms with van der Waals surface area (Å²) in [5.74, 6) is 0.757. The number of methoxy groups -OCH3 is 2. The quantitative estimate of drug-likeness (QED) is 0.688. The lowest BCUT2D eigenvalue weighted by Crippen LogP contribution is -2.31. The zero-order valence-corrected chi connectivity index (χ0v) is 16.3. The maximum absolute atomic E-state index is 12.9. The first-order valence-corrected chi connectivity index (χ1v) is 8.97. The molecule has 8 heteroatoms. The lowest BCUT2D eigenvalue weighted by Gasteiger charge is -2.21. The van der Waals surface area contributed by atoms with Crippen LogP contribution in [0.25, 0.3) is 0 Å². The molecule has 0 atom stereocenters. The van der Waals surface area contributed by atoms with Crippen LogP contribution >= 0.6 is 11.6 Å². The summed E-state index contributed by atoms with van der Waals surface area (Å²) < 4.78 is 21.0. The molecule has 0 saturated heterocycles. The third-order valence-electron chi connectivity index (χ3n) is 4.25. The van der Waals surface area contributed by atoms with Gasteiger partial charge in [0.1, 0.15) is 12.4 Å². The summed E-state index contributed by atoms with van der Waals surface area (Å²) in [5.41, 5.74) is 1.33. The molecule has 7 nitrogen and oxygen atoms in total. The number of nitrogens with zero attached hydrogens (tertiary/aromatic N) is 1. The Morgan fingerprint density at radius 1 is 1.18 bits per heavy atom. The van der Waals surface area contributed by atoms with E-state index in [0.717, 1.165) is 5.56 Å². The van der Waals surface area contributed by atoms with Crippen molar-refractivity contribution in [1.29, 1.82) is 0 Å². The molecule has 0 N–H and O–H groups in total. The van der Waals surface area contributed by atoms with Gasteiger partial charge in [0.05, 0.1) is 26.3 Å². The molecule has 3 rings (SSSR count). The zero-order valence-electron chi connectivity index (χ0n) is 15.6. The van der Waals surface area contributed by atoms with Crippen LogP contribution in [0.2, 0.25) is 5.02 Å². The number of halogens is 1. The number of carbonyl (C=O) groups excluding carboxylic acids is 2. The van der Waals surface area contributed by atoms with Gasteiger partial charge in [-0.3, -0.25) is 4.79 Å². The fourth-order valence-electron chi connectivity index (χ4n) is 2.83.